The van der Waals surface area contributed by atoms with Gasteiger partial charge in [0.2, 0.25) is 0 Å². The van der Waals surface area contributed by atoms with Gasteiger partial charge in [-0.1, -0.05) is 27.2 Å². The molecule has 1 aliphatic carbocycles. The Morgan fingerprint density at radius 2 is 2.00 bits per heavy atom. The average Bonchev–Trinajstić information content (AvgIpc) is 3.02. The monoisotopic (exact) mass is 228 g/mol. The molecule has 96 valence electrons. The molecule has 3 atom stereocenters. The third kappa shape index (κ3) is 4.81. The van der Waals surface area contributed by atoms with E-state index in [1.165, 1.54) is 19.3 Å². The van der Waals surface area contributed by atoms with Crippen molar-refractivity contribution in [3.63, 3.8) is 0 Å². The molecule has 1 fully saturated rings. The van der Waals surface area contributed by atoms with E-state index in [1.54, 1.807) is 0 Å². The van der Waals surface area contributed by atoms with Crippen molar-refractivity contribution >= 4 is 0 Å². The van der Waals surface area contributed by atoms with Gasteiger partial charge >= 0.3 is 0 Å². The molecule has 0 heterocycles. The Balaban J connectivity index is 2.04. The third-order valence-corrected chi connectivity index (χ3v) is 3.56. The van der Waals surface area contributed by atoms with E-state index in [0.717, 1.165) is 32.1 Å². The van der Waals surface area contributed by atoms with Crippen molar-refractivity contribution in [2.24, 2.45) is 5.92 Å². The van der Waals surface area contributed by atoms with Crippen molar-refractivity contribution in [1.82, 2.24) is 10.2 Å². The summed E-state index contributed by atoms with van der Waals surface area (Å²) in [4.78, 5) is 2.27. The van der Waals surface area contributed by atoms with E-state index in [9.17, 15) is 5.11 Å². The number of nitrogens with one attached hydrogen (secondary N) is 1. The summed E-state index contributed by atoms with van der Waals surface area (Å²) in [7, 11) is 0. The van der Waals surface area contributed by atoms with Crippen LogP contribution in [0.4, 0.5) is 0 Å². The van der Waals surface area contributed by atoms with E-state index >= 15 is 0 Å². The Morgan fingerprint density at radius 3 is 2.56 bits per heavy atom. The van der Waals surface area contributed by atoms with E-state index in [1.807, 2.05) is 0 Å². The third-order valence-electron chi connectivity index (χ3n) is 3.56. The van der Waals surface area contributed by atoms with Gasteiger partial charge in [-0.15, -0.1) is 0 Å². The minimum atomic E-state index is -0.220. The van der Waals surface area contributed by atoms with Gasteiger partial charge in [0.1, 0.15) is 0 Å². The molecule has 16 heavy (non-hydrogen) atoms. The Hall–Kier alpha value is -0.120. The minimum Gasteiger partial charge on any atom is -0.390 e. The highest BCUT2D eigenvalue weighted by molar-refractivity contribution is 4.93. The van der Waals surface area contributed by atoms with Gasteiger partial charge in [-0.2, -0.15) is 0 Å². The minimum absolute atomic E-state index is 0.220. The van der Waals surface area contributed by atoms with Crippen LogP contribution >= 0.6 is 0 Å². The highest BCUT2D eigenvalue weighted by Gasteiger charge is 2.35. The molecule has 2 N–H and O–H groups in total. The fourth-order valence-electron chi connectivity index (χ4n) is 2.32. The van der Waals surface area contributed by atoms with Crippen molar-refractivity contribution in [3.8, 4) is 0 Å². The normalized spacial score (nSPS) is 26.1. The van der Waals surface area contributed by atoms with Gasteiger partial charge in [0.15, 0.2) is 0 Å². The summed E-state index contributed by atoms with van der Waals surface area (Å²) in [5, 5.41) is 13.3. The lowest BCUT2D eigenvalue weighted by atomic mass is 10.2. The molecule has 1 aliphatic rings. The summed E-state index contributed by atoms with van der Waals surface area (Å²) < 4.78 is 0. The number of nitrogens with zero attached hydrogens (tertiary/aromatic N) is 1. The zero-order valence-electron chi connectivity index (χ0n) is 11.1. The second-order valence-corrected chi connectivity index (χ2v) is 4.94. The van der Waals surface area contributed by atoms with Crippen LogP contribution < -0.4 is 5.32 Å². The molecule has 0 aromatic carbocycles. The van der Waals surface area contributed by atoms with Crippen molar-refractivity contribution in [2.45, 2.75) is 52.2 Å². The van der Waals surface area contributed by atoms with Gasteiger partial charge in [-0.05, 0) is 31.8 Å². The molecule has 3 unspecified atom stereocenters. The van der Waals surface area contributed by atoms with Crippen LogP contribution in [0.5, 0.6) is 0 Å². The zero-order chi connectivity index (χ0) is 12.0. The maximum absolute atomic E-state index is 9.87. The Kier molecular flexibility index (Phi) is 6.32. The summed E-state index contributed by atoms with van der Waals surface area (Å²) in [5.74, 6) is 0.880. The molecule has 0 aliphatic heterocycles. The van der Waals surface area contributed by atoms with Crippen LogP contribution in [0, 0.1) is 5.92 Å². The van der Waals surface area contributed by atoms with Gasteiger partial charge in [-0.3, -0.25) is 0 Å². The van der Waals surface area contributed by atoms with Crippen molar-refractivity contribution in [2.75, 3.05) is 26.2 Å². The van der Waals surface area contributed by atoms with E-state index in [0.29, 0.717) is 6.04 Å². The average molecular weight is 228 g/mol. The maximum atomic E-state index is 9.87. The maximum Gasteiger partial charge on any atom is 0.0791 e. The van der Waals surface area contributed by atoms with E-state index < -0.39 is 0 Å². The van der Waals surface area contributed by atoms with Crippen molar-refractivity contribution in [1.29, 1.82) is 0 Å². The smallest absolute Gasteiger partial charge is 0.0791 e. The summed E-state index contributed by atoms with van der Waals surface area (Å²) in [5.41, 5.74) is 0. The van der Waals surface area contributed by atoms with Gasteiger partial charge in [0.25, 0.3) is 0 Å². The van der Waals surface area contributed by atoms with Crippen LogP contribution in [0.3, 0.4) is 0 Å². The highest BCUT2D eigenvalue weighted by atomic mass is 16.3. The van der Waals surface area contributed by atoms with E-state index in [2.05, 4.69) is 31.0 Å². The molecule has 3 nitrogen and oxygen atoms in total. The molecular weight excluding hydrogens is 200 g/mol. The zero-order valence-corrected chi connectivity index (χ0v) is 11.1. The molecule has 3 heteroatoms. The number of hydrogen-bond acceptors (Lipinski definition) is 3. The fourth-order valence-corrected chi connectivity index (χ4v) is 2.32. The summed E-state index contributed by atoms with van der Waals surface area (Å²) in [6, 6.07) is 0.686. The highest BCUT2D eigenvalue weighted by Crippen LogP contribution is 2.34. The first-order valence-electron chi connectivity index (χ1n) is 6.85. The first-order valence-corrected chi connectivity index (χ1v) is 6.85. The molecule has 1 rings (SSSR count). The lowest BCUT2D eigenvalue weighted by Gasteiger charge is -2.22. The van der Waals surface area contributed by atoms with Gasteiger partial charge in [-0.25, -0.2) is 0 Å². The van der Waals surface area contributed by atoms with Gasteiger partial charge < -0.3 is 15.3 Å². The molecular formula is C13H28N2O. The number of aliphatic hydroxyl groups is 1. The van der Waals surface area contributed by atoms with E-state index in [4.69, 9.17) is 0 Å². The quantitative estimate of drug-likeness (QED) is 0.627. The Morgan fingerprint density at radius 1 is 1.31 bits per heavy atom. The summed E-state index contributed by atoms with van der Waals surface area (Å²) in [6.07, 6.45) is 3.71. The predicted molar refractivity (Wildman–Crippen MR) is 68.6 cm³/mol. The topological polar surface area (TPSA) is 35.5 Å². The molecule has 0 amide bonds. The van der Waals surface area contributed by atoms with Crippen LogP contribution in [0.15, 0.2) is 0 Å². The molecule has 0 bridgehead atoms. The largest absolute Gasteiger partial charge is 0.390 e. The second-order valence-electron chi connectivity index (χ2n) is 4.94. The first kappa shape index (κ1) is 13.9. The SMILES string of the molecule is CCCC1CC1NCC(O)CN(CC)CC. The molecule has 0 saturated heterocycles. The number of rotatable bonds is 9. The fraction of sp³-hybridized carbons (Fsp3) is 1.00. The van der Waals surface area contributed by atoms with E-state index in [-0.39, 0.29) is 6.10 Å². The Labute approximate surface area is 100 Å². The standard InChI is InChI=1S/C13H28N2O/c1-4-7-11-8-13(11)14-9-12(16)10-15(5-2)6-3/h11-14,16H,4-10H2,1-3H3. The van der Waals surface area contributed by atoms with Gasteiger partial charge in [0.05, 0.1) is 6.10 Å². The summed E-state index contributed by atoms with van der Waals surface area (Å²) in [6.45, 7) is 10.1. The molecule has 1 saturated carbocycles. The van der Waals surface area contributed by atoms with Crippen LogP contribution in [0.1, 0.15) is 40.0 Å². The molecule has 0 aromatic heterocycles. The van der Waals surface area contributed by atoms with Crippen LogP contribution in [0.2, 0.25) is 0 Å². The second kappa shape index (κ2) is 7.25. The number of aliphatic hydroxyl groups excluding tert-OH is 1. The van der Waals surface area contributed by atoms with Crippen LogP contribution in [0.25, 0.3) is 0 Å². The van der Waals surface area contributed by atoms with Crippen molar-refractivity contribution in [3.05, 3.63) is 0 Å². The first-order chi connectivity index (χ1) is 7.71. The number of hydrogen-bond donors (Lipinski definition) is 2. The lowest BCUT2D eigenvalue weighted by Crippen LogP contribution is -2.39. The lowest BCUT2D eigenvalue weighted by molar-refractivity contribution is 0.116. The molecule has 0 aromatic rings. The molecule has 0 spiro atoms. The molecule has 0 radical (unpaired) electrons. The Bertz CT molecular complexity index is 183. The summed E-state index contributed by atoms with van der Waals surface area (Å²) >= 11 is 0. The predicted octanol–water partition coefficient (Wildman–Crippen LogP) is 1.47. The van der Waals surface area contributed by atoms with Crippen molar-refractivity contribution < 1.29 is 5.11 Å². The van der Waals surface area contributed by atoms with Crippen LogP contribution in [-0.4, -0.2) is 48.3 Å². The number of likely N-dealkylation sites (N-methyl/N-ethyl adjacent to an activating group) is 1. The van der Waals surface area contributed by atoms with Gasteiger partial charge in [0, 0.05) is 19.1 Å². The van der Waals surface area contributed by atoms with Crippen LogP contribution in [-0.2, 0) is 0 Å².